The van der Waals surface area contributed by atoms with Gasteiger partial charge < -0.3 is 79.2 Å². The Kier molecular flexibility index (Phi) is 81.8. The van der Waals surface area contributed by atoms with Gasteiger partial charge in [-0.3, -0.25) is 0 Å². The minimum atomic E-state index is 0.322. The molecule has 8 aromatic rings. The molecule has 16 heteroatoms. The molecule has 0 aliphatic rings. The van der Waals surface area contributed by atoms with E-state index >= 15 is 0 Å². The maximum atomic E-state index is 8.63. The van der Waals surface area contributed by atoms with Gasteiger partial charge in [-0.15, -0.1) is 0 Å². The van der Waals surface area contributed by atoms with E-state index in [1.807, 2.05) is 103 Å². The standard InChI is InChI=1S/8C6H6O.8CH2O/c8*7-6-4-2-1-3-5-6;8*1-2/h8*1-5,7H;8*1H2. The van der Waals surface area contributed by atoms with Gasteiger partial charge in [0.15, 0.2) is 0 Å². The zero-order valence-corrected chi connectivity index (χ0v) is 39.6. The molecule has 8 N–H and O–H groups in total. The van der Waals surface area contributed by atoms with E-state index in [-0.39, 0.29) is 0 Å². The van der Waals surface area contributed by atoms with Crippen LogP contribution in [0.5, 0.6) is 46.0 Å². The molecule has 0 heterocycles. The van der Waals surface area contributed by atoms with E-state index in [1.54, 1.807) is 194 Å². The van der Waals surface area contributed by atoms with Crippen molar-refractivity contribution in [2.45, 2.75) is 0 Å². The first-order valence-corrected chi connectivity index (χ1v) is 19.4. The maximum absolute atomic E-state index is 8.63. The lowest BCUT2D eigenvalue weighted by Crippen LogP contribution is -1.56. The third-order valence-electron chi connectivity index (χ3n) is 6.05. The first kappa shape index (κ1) is 78.7. The average Bonchev–Trinajstić information content (AvgIpc) is 3.46. The summed E-state index contributed by atoms with van der Waals surface area (Å²) in [6, 6.07) is 69.7. The van der Waals surface area contributed by atoms with Crippen LogP contribution in [0, 0.1) is 0 Å². The number of para-hydroxylation sites is 8. The minimum absolute atomic E-state index is 0.322. The van der Waals surface area contributed by atoms with E-state index in [4.69, 9.17) is 79.2 Å². The van der Waals surface area contributed by atoms with Crippen molar-refractivity contribution in [1.82, 2.24) is 0 Å². The Labute approximate surface area is 420 Å². The van der Waals surface area contributed by atoms with Crippen molar-refractivity contribution >= 4 is 54.3 Å². The molecular weight excluding hydrogens is 929 g/mol. The van der Waals surface area contributed by atoms with Gasteiger partial charge in [0.1, 0.15) is 100 Å². The highest BCUT2D eigenvalue weighted by atomic mass is 16.3. The van der Waals surface area contributed by atoms with Crippen molar-refractivity contribution < 1.29 is 79.2 Å². The fourth-order valence-corrected chi connectivity index (χ4v) is 3.42. The molecule has 16 nitrogen and oxygen atoms in total. The maximum Gasteiger partial charge on any atom is 0.115 e. The molecule has 0 aliphatic carbocycles. The molecule has 72 heavy (non-hydrogen) atoms. The molecule has 0 fully saturated rings. The predicted octanol–water partition coefficient (Wildman–Crippen LogP) is 9.66. The molecule has 0 radical (unpaired) electrons. The van der Waals surface area contributed by atoms with Gasteiger partial charge in [-0.05, 0) is 97.1 Å². The Hall–Kier alpha value is -10.5. The monoisotopic (exact) mass is 992 g/mol. The number of phenols is 8. The number of hydrogen-bond acceptors (Lipinski definition) is 16. The fraction of sp³-hybridized carbons (Fsp3) is 0. The Morgan fingerprint density at radius 2 is 0.194 bits per heavy atom. The normalized spacial score (nSPS) is 7.11. The molecule has 384 valence electrons. The highest BCUT2D eigenvalue weighted by molar-refractivity contribution is 5.23. The van der Waals surface area contributed by atoms with Crippen LogP contribution in [0.2, 0.25) is 0 Å². The zero-order chi connectivity index (χ0) is 56.9. The Morgan fingerprint density at radius 3 is 0.222 bits per heavy atom. The van der Waals surface area contributed by atoms with Crippen molar-refractivity contribution in [2.24, 2.45) is 0 Å². The number of phenolic OH excluding ortho intramolecular Hbond substituents is 8. The van der Waals surface area contributed by atoms with Crippen LogP contribution < -0.4 is 0 Å². The van der Waals surface area contributed by atoms with Crippen LogP contribution >= 0.6 is 0 Å². The first-order valence-electron chi connectivity index (χ1n) is 19.4. The summed E-state index contributed by atoms with van der Waals surface area (Å²) in [7, 11) is 0. The Bertz CT molecular complexity index is 1660. The van der Waals surface area contributed by atoms with Crippen molar-refractivity contribution in [3.05, 3.63) is 243 Å². The molecule has 0 spiro atoms. The molecule has 0 amide bonds. The number of hydrogen-bond donors (Lipinski definition) is 8. The number of carbonyl (C=O) groups excluding carboxylic acids is 8. The lowest BCUT2D eigenvalue weighted by Gasteiger charge is -1.82. The fourth-order valence-electron chi connectivity index (χ4n) is 3.42. The van der Waals surface area contributed by atoms with Crippen LogP contribution in [0.1, 0.15) is 0 Å². The molecule has 0 saturated heterocycles. The number of rotatable bonds is 0. The van der Waals surface area contributed by atoms with Crippen LogP contribution in [-0.4, -0.2) is 95.2 Å². The molecule has 0 saturated carbocycles. The molecule has 0 unspecified atom stereocenters. The second-order valence-corrected chi connectivity index (χ2v) is 10.7. The van der Waals surface area contributed by atoms with Crippen LogP contribution in [0.25, 0.3) is 0 Å². The lowest BCUT2D eigenvalue weighted by atomic mass is 10.3. The highest BCUT2D eigenvalue weighted by Crippen LogP contribution is 2.07. The average molecular weight is 993 g/mol. The third-order valence-corrected chi connectivity index (χ3v) is 6.05. The zero-order valence-electron chi connectivity index (χ0n) is 39.6. The minimum Gasteiger partial charge on any atom is -0.508 e. The molecule has 0 bridgehead atoms. The van der Waals surface area contributed by atoms with E-state index in [0.29, 0.717) is 46.0 Å². The third kappa shape index (κ3) is 71.2. The lowest BCUT2D eigenvalue weighted by molar-refractivity contribution is -0.0987. The summed E-state index contributed by atoms with van der Waals surface area (Å²) in [4.78, 5) is 64.0. The second kappa shape index (κ2) is 74.9. The summed E-state index contributed by atoms with van der Waals surface area (Å²) in [6.07, 6.45) is 0. The molecule has 0 atom stereocenters. The van der Waals surface area contributed by atoms with E-state index in [0.717, 1.165) is 0 Å². The van der Waals surface area contributed by atoms with Crippen molar-refractivity contribution in [2.75, 3.05) is 0 Å². The van der Waals surface area contributed by atoms with Gasteiger partial charge in [-0.1, -0.05) is 146 Å². The second-order valence-electron chi connectivity index (χ2n) is 10.7. The van der Waals surface area contributed by atoms with Gasteiger partial charge in [-0.25, -0.2) is 0 Å². The predicted molar refractivity (Wildman–Crippen MR) is 282 cm³/mol. The van der Waals surface area contributed by atoms with Gasteiger partial charge in [0.25, 0.3) is 0 Å². The summed E-state index contributed by atoms with van der Waals surface area (Å²) in [5.41, 5.74) is 0. The van der Waals surface area contributed by atoms with E-state index < -0.39 is 0 Å². The van der Waals surface area contributed by atoms with Crippen molar-refractivity contribution in [3.63, 3.8) is 0 Å². The Balaban J connectivity index is -0.000000104. The van der Waals surface area contributed by atoms with E-state index in [2.05, 4.69) is 0 Å². The largest absolute Gasteiger partial charge is 0.508 e. The number of carbonyl (C=O) groups is 8. The molecular formula is C56H64O16. The van der Waals surface area contributed by atoms with Gasteiger partial charge in [0.05, 0.1) is 0 Å². The van der Waals surface area contributed by atoms with Crippen LogP contribution in [0.3, 0.4) is 0 Å². The molecule has 8 aromatic carbocycles. The first-order chi connectivity index (χ1) is 35.2. The molecule has 0 aliphatic heterocycles. The quantitative estimate of drug-likeness (QED) is 0.0701. The van der Waals surface area contributed by atoms with E-state index in [1.165, 1.54) is 0 Å². The van der Waals surface area contributed by atoms with Gasteiger partial charge >= 0.3 is 0 Å². The van der Waals surface area contributed by atoms with Gasteiger partial charge in [0, 0.05) is 0 Å². The SMILES string of the molecule is C=O.C=O.C=O.C=O.C=O.C=O.C=O.C=O.Oc1ccccc1.Oc1ccccc1.Oc1ccccc1.Oc1ccccc1.Oc1ccccc1.Oc1ccccc1.Oc1ccccc1.Oc1ccccc1. The summed E-state index contributed by atoms with van der Waals surface area (Å²) in [6.45, 7) is 16.0. The van der Waals surface area contributed by atoms with E-state index in [9.17, 15) is 0 Å². The smallest absolute Gasteiger partial charge is 0.115 e. The molecule has 0 aromatic heterocycles. The van der Waals surface area contributed by atoms with Crippen LogP contribution in [0.4, 0.5) is 0 Å². The number of aromatic hydroxyl groups is 8. The topological polar surface area (TPSA) is 298 Å². The molecule has 8 rings (SSSR count). The van der Waals surface area contributed by atoms with Crippen LogP contribution in [0.15, 0.2) is 243 Å². The number of benzene rings is 8. The van der Waals surface area contributed by atoms with Crippen molar-refractivity contribution in [3.8, 4) is 46.0 Å². The highest BCUT2D eigenvalue weighted by Gasteiger charge is 1.79. The summed E-state index contributed by atoms with van der Waals surface area (Å²) >= 11 is 0. The summed E-state index contributed by atoms with van der Waals surface area (Å²) in [5, 5.41) is 69.1. The summed E-state index contributed by atoms with van der Waals surface area (Å²) in [5.74, 6) is 2.57. The van der Waals surface area contributed by atoms with Gasteiger partial charge in [-0.2, -0.15) is 0 Å². The van der Waals surface area contributed by atoms with Crippen molar-refractivity contribution in [1.29, 1.82) is 0 Å². The van der Waals surface area contributed by atoms with Crippen LogP contribution in [-0.2, 0) is 38.4 Å². The summed E-state index contributed by atoms with van der Waals surface area (Å²) < 4.78 is 0. The van der Waals surface area contributed by atoms with Gasteiger partial charge in [0.2, 0.25) is 0 Å². The Morgan fingerprint density at radius 1 is 0.139 bits per heavy atom.